The van der Waals surface area contributed by atoms with E-state index < -0.39 is 0 Å². The number of nitro groups is 1. The second-order valence-corrected chi connectivity index (χ2v) is 6.86. The highest BCUT2D eigenvalue weighted by molar-refractivity contribution is 5.32. The molecule has 0 bridgehead atoms. The first-order valence-electron chi connectivity index (χ1n) is 9.65. The number of hydrogen-bond donors (Lipinski definition) is 0. The van der Waals surface area contributed by atoms with Crippen LogP contribution in [-0.4, -0.2) is 35.6 Å². The van der Waals surface area contributed by atoms with Crippen LogP contribution in [0.3, 0.4) is 0 Å². The lowest BCUT2D eigenvalue weighted by Gasteiger charge is -2.37. The van der Waals surface area contributed by atoms with E-state index in [1.54, 1.807) is 12.1 Å². The largest absolute Gasteiger partial charge is 0.324 e. The Kier molecular flexibility index (Phi) is 9.62. The number of nitrogens with zero attached hydrogens (tertiary/aromatic N) is 2. The molecular formula is C20H35N2O2+. The number of benzene rings is 1. The summed E-state index contributed by atoms with van der Waals surface area (Å²) in [7, 11) is 0. The van der Waals surface area contributed by atoms with E-state index in [2.05, 4.69) is 20.8 Å². The summed E-state index contributed by atoms with van der Waals surface area (Å²) in [5.74, 6) is 0. The Morgan fingerprint density at radius 3 is 2.00 bits per heavy atom. The average molecular weight is 336 g/mol. The Bertz CT molecular complexity index is 467. The summed E-state index contributed by atoms with van der Waals surface area (Å²) in [5, 5.41) is 10.7. The van der Waals surface area contributed by atoms with Gasteiger partial charge in [0.25, 0.3) is 5.69 Å². The molecule has 0 spiro atoms. The minimum absolute atomic E-state index is 0.178. The van der Waals surface area contributed by atoms with E-state index in [1.165, 1.54) is 63.7 Å². The predicted octanol–water partition coefficient (Wildman–Crippen LogP) is 5.35. The van der Waals surface area contributed by atoms with Gasteiger partial charge in [-0.1, -0.05) is 44.7 Å². The van der Waals surface area contributed by atoms with Crippen molar-refractivity contribution in [2.24, 2.45) is 0 Å². The molecule has 0 heterocycles. The van der Waals surface area contributed by atoms with Gasteiger partial charge < -0.3 is 4.48 Å². The second-order valence-electron chi connectivity index (χ2n) is 6.86. The predicted molar refractivity (Wildman–Crippen MR) is 101 cm³/mol. The number of non-ortho nitro benzene ring substituents is 1. The van der Waals surface area contributed by atoms with E-state index in [0.717, 1.165) is 17.4 Å². The van der Waals surface area contributed by atoms with Crippen LogP contribution in [0, 0.1) is 10.1 Å². The van der Waals surface area contributed by atoms with Crippen LogP contribution in [0.25, 0.3) is 0 Å². The molecule has 0 aliphatic carbocycles. The summed E-state index contributed by atoms with van der Waals surface area (Å²) in [5.41, 5.74) is 1.38. The monoisotopic (exact) mass is 335 g/mol. The van der Waals surface area contributed by atoms with E-state index in [1.807, 2.05) is 12.1 Å². The minimum atomic E-state index is -0.333. The van der Waals surface area contributed by atoms with Crippen molar-refractivity contribution in [3.05, 3.63) is 39.9 Å². The molecule has 0 N–H and O–H groups in total. The number of likely N-dealkylation sites (N-methyl/N-ethyl adjacent to an activating group) is 1. The zero-order valence-electron chi connectivity index (χ0n) is 15.8. The molecule has 0 aromatic heterocycles. The van der Waals surface area contributed by atoms with Gasteiger partial charge >= 0.3 is 0 Å². The maximum absolute atomic E-state index is 10.7. The molecule has 0 radical (unpaired) electrons. The summed E-state index contributed by atoms with van der Waals surface area (Å²) >= 11 is 0. The number of quaternary nitrogens is 1. The number of rotatable bonds is 13. The third-order valence-electron chi connectivity index (χ3n) is 5.35. The van der Waals surface area contributed by atoms with Gasteiger partial charge in [0.1, 0.15) is 0 Å². The van der Waals surface area contributed by atoms with Crippen molar-refractivity contribution < 1.29 is 9.41 Å². The lowest BCUT2D eigenvalue weighted by atomic mass is 10.1. The Labute approximate surface area is 147 Å². The van der Waals surface area contributed by atoms with Crippen LogP contribution in [-0.2, 0) is 6.42 Å². The fourth-order valence-electron chi connectivity index (χ4n) is 3.35. The fraction of sp³-hybridized carbons (Fsp3) is 0.700. The number of unbranched alkanes of at least 4 members (excludes halogenated alkanes) is 5. The van der Waals surface area contributed by atoms with Crippen molar-refractivity contribution in [1.29, 1.82) is 0 Å². The second kappa shape index (κ2) is 11.2. The number of hydrogen-bond acceptors (Lipinski definition) is 2. The van der Waals surface area contributed by atoms with Gasteiger partial charge in [-0.3, -0.25) is 10.1 Å². The van der Waals surface area contributed by atoms with Crippen molar-refractivity contribution in [3.8, 4) is 0 Å². The molecule has 4 nitrogen and oxygen atoms in total. The van der Waals surface area contributed by atoms with Gasteiger partial charge in [-0.05, 0) is 32.3 Å². The van der Waals surface area contributed by atoms with Crippen molar-refractivity contribution in [2.75, 3.05) is 26.2 Å². The molecule has 136 valence electrons. The van der Waals surface area contributed by atoms with Gasteiger partial charge in [0.15, 0.2) is 0 Å². The van der Waals surface area contributed by atoms with Gasteiger partial charge in [0, 0.05) is 18.6 Å². The smallest absolute Gasteiger partial charge is 0.269 e. The normalized spacial score (nSPS) is 11.6. The van der Waals surface area contributed by atoms with Crippen molar-refractivity contribution in [2.45, 2.75) is 65.7 Å². The maximum atomic E-state index is 10.7. The first kappa shape index (κ1) is 20.6. The molecule has 0 amide bonds. The third-order valence-corrected chi connectivity index (χ3v) is 5.35. The van der Waals surface area contributed by atoms with Gasteiger partial charge in [-0.15, -0.1) is 0 Å². The highest BCUT2D eigenvalue weighted by atomic mass is 16.6. The summed E-state index contributed by atoms with van der Waals surface area (Å²) in [6.45, 7) is 11.5. The first-order chi connectivity index (χ1) is 11.6. The van der Waals surface area contributed by atoms with Gasteiger partial charge in [-0.2, -0.15) is 0 Å². The van der Waals surface area contributed by atoms with Crippen LogP contribution in [0.5, 0.6) is 0 Å². The van der Waals surface area contributed by atoms with Crippen molar-refractivity contribution in [1.82, 2.24) is 0 Å². The summed E-state index contributed by atoms with van der Waals surface area (Å²) in [6, 6.07) is 7.05. The summed E-state index contributed by atoms with van der Waals surface area (Å²) in [6.07, 6.45) is 9.06. The molecule has 0 atom stereocenters. The molecule has 24 heavy (non-hydrogen) atoms. The highest BCUT2D eigenvalue weighted by Gasteiger charge is 2.22. The standard InChI is InChI=1S/C20H35N2O2/c1-4-7-8-9-10-11-17-22(5-2,6-3)18-16-19-12-14-20(15-13-19)21(23)24/h12-15H,4-11,16-18H2,1-3H3/q+1. The van der Waals surface area contributed by atoms with Gasteiger partial charge in [0.05, 0.1) is 31.1 Å². The fourth-order valence-corrected chi connectivity index (χ4v) is 3.35. The Balaban J connectivity index is 2.47. The van der Waals surface area contributed by atoms with Gasteiger partial charge in [-0.25, -0.2) is 0 Å². The molecule has 0 saturated carbocycles. The van der Waals surface area contributed by atoms with Gasteiger partial charge in [0.2, 0.25) is 0 Å². The lowest BCUT2D eigenvalue weighted by Crippen LogP contribution is -2.49. The zero-order valence-corrected chi connectivity index (χ0v) is 15.8. The molecule has 1 aromatic carbocycles. The molecule has 0 unspecified atom stereocenters. The third kappa shape index (κ3) is 7.00. The van der Waals surface area contributed by atoms with Crippen LogP contribution >= 0.6 is 0 Å². The van der Waals surface area contributed by atoms with E-state index in [4.69, 9.17) is 0 Å². The quantitative estimate of drug-likeness (QED) is 0.211. The van der Waals surface area contributed by atoms with Crippen LogP contribution < -0.4 is 0 Å². The molecule has 0 fully saturated rings. The SMILES string of the molecule is CCCCCCCC[N+](CC)(CC)CCc1ccc([N+](=O)[O-])cc1. The molecule has 1 rings (SSSR count). The van der Waals surface area contributed by atoms with E-state index in [-0.39, 0.29) is 10.6 Å². The van der Waals surface area contributed by atoms with E-state index >= 15 is 0 Å². The molecule has 0 aliphatic rings. The first-order valence-corrected chi connectivity index (χ1v) is 9.65. The van der Waals surface area contributed by atoms with E-state index in [0.29, 0.717) is 0 Å². The molecular weight excluding hydrogens is 300 g/mol. The van der Waals surface area contributed by atoms with E-state index in [9.17, 15) is 10.1 Å². The zero-order chi connectivity index (χ0) is 17.8. The number of nitro benzene ring substituents is 1. The Hall–Kier alpha value is -1.42. The van der Waals surface area contributed by atoms with Crippen molar-refractivity contribution in [3.63, 3.8) is 0 Å². The van der Waals surface area contributed by atoms with Crippen molar-refractivity contribution >= 4 is 5.69 Å². The van der Waals surface area contributed by atoms with Crippen LogP contribution in [0.4, 0.5) is 5.69 Å². The Morgan fingerprint density at radius 1 is 0.875 bits per heavy atom. The van der Waals surface area contributed by atoms with Crippen LogP contribution in [0.2, 0.25) is 0 Å². The summed E-state index contributed by atoms with van der Waals surface area (Å²) < 4.78 is 1.16. The maximum Gasteiger partial charge on any atom is 0.269 e. The van der Waals surface area contributed by atoms with Crippen LogP contribution in [0.15, 0.2) is 24.3 Å². The minimum Gasteiger partial charge on any atom is -0.324 e. The lowest BCUT2D eigenvalue weighted by molar-refractivity contribution is -0.925. The summed E-state index contributed by atoms with van der Waals surface area (Å²) in [4.78, 5) is 10.4. The Morgan fingerprint density at radius 2 is 1.46 bits per heavy atom. The van der Waals surface area contributed by atoms with Crippen LogP contribution in [0.1, 0.15) is 64.9 Å². The topological polar surface area (TPSA) is 43.1 Å². The highest BCUT2D eigenvalue weighted by Crippen LogP contribution is 2.16. The molecule has 4 heteroatoms. The average Bonchev–Trinajstić information content (AvgIpc) is 2.61. The molecule has 0 aliphatic heterocycles. The molecule has 1 aromatic rings. The molecule has 0 saturated heterocycles.